The molecule has 0 fully saturated rings. The molecule has 0 aliphatic rings. The van der Waals surface area contributed by atoms with Crippen molar-refractivity contribution in [2.24, 2.45) is 0 Å². The highest BCUT2D eigenvalue weighted by atomic mass is 127. The number of hydrogen-bond acceptors (Lipinski definition) is 1. The molecule has 0 aliphatic heterocycles. The van der Waals surface area contributed by atoms with Crippen LogP contribution in [0.2, 0.25) is 5.02 Å². The molecule has 16 heavy (non-hydrogen) atoms. The quantitative estimate of drug-likeness (QED) is 0.660. The number of aliphatic carboxylic acids is 1. The summed E-state index contributed by atoms with van der Waals surface area (Å²) >= 11 is 7.80. The number of carboxylic acids is 1. The van der Waals surface area contributed by atoms with Crippen LogP contribution >= 0.6 is 34.2 Å². The maximum Gasteiger partial charge on any atom is 0.316 e. The lowest BCUT2D eigenvalue weighted by atomic mass is 10.1. The molecule has 0 bridgehead atoms. The van der Waals surface area contributed by atoms with E-state index in [9.17, 15) is 4.79 Å². The summed E-state index contributed by atoms with van der Waals surface area (Å²) in [7, 11) is 0. The lowest BCUT2D eigenvalue weighted by Crippen LogP contribution is -2.14. The van der Waals surface area contributed by atoms with E-state index in [4.69, 9.17) is 16.7 Å². The zero-order chi connectivity index (χ0) is 11.7. The smallest absolute Gasteiger partial charge is 0.316 e. The Labute approximate surface area is 111 Å². The van der Waals surface area contributed by atoms with Crippen LogP contribution in [0.15, 0.2) is 24.4 Å². The van der Waals surface area contributed by atoms with Gasteiger partial charge in [-0.3, -0.25) is 4.79 Å². The maximum absolute atomic E-state index is 10.8. The van der Waals surface area contributed by atoms with Crippen LogP contribution in [0.4, 0.5) is 0 Å². The fraction of sp³-hybridized carbons (Fsp3) is 0.182. The third kappa shape index (κ3) is 2.32. The van der Waals surface area contributed by atoms with Gasteiger partial charge in [-0.15, -0.1) is 0 Å². The van der Waals surface area contributed by atoms with Crippen molar-refractivity contribution in [3.05, 3.63) is 35.0 Å². The van der Waals surface area contributed by atoms with Gasteiger partial charge >= 0.3 is 5.97 Å². The van der Waals surface area contributed by atoms with Gasteiger partial charge in [0.25, 0.3) is 0 Å². The molecule has 5 heteroatoms. The van der Waals surface area contributed by atoms with Gasteiger partial charge < -0.3 is 10.1 Å². The number of fused-ring (bicyclic) bond motifs is 1. The van der Waals surface area contributed by atoms with Crippen molar-refractivity contribution < 1.29 is 9.90 Å². The largest absolute Gasteiger partial charge is 0.480 e. The maximum atomic E-state index is 10.8. The van der Waals surface area contributed by atoms with E-state index in [1.807, 2.05) is 47.0 Å². The lowest BCUT2D eigenvalue weighted by molar-refractivity contribution is -0.135. The van der Waals surface area contributed by atoms with Gasteiger partial charge in [-0.25, -0.2) is 0 Å². The van der Waals surface area contributed by atoms with Crippen LogP contribution < -0.4 is 0 Å². The van der Waals surface area contributed by atoms with E-state index in [0.717, 1.165) is 16.5 Å². The summed E-state index contributed by atoms with van der Waals surface area (Å²) in [5, 5.41) is 10.6. The third-order valence-electron chi connectivity index (χ3n) is 2.40. The van der Waals surface area contributed by atoms with Crippen LogP contribution in [0.25, 0.3) is 10.9 Å². The van der Waals surface area contributed by atoms with E-state index in [1.165, 1.54) is 0 Å². The van der Waals surface area contributed by atoms with Crippen LogP contribution in [0, 0.1) is 0 Å². The number of rotatable bonds is 3. The van der Waals surface area contributed by atoms with Crippen molar-refractivity contribution in [2.45, 2.75) is 10.3 Å². The number of nitrogens with one attached hydrogen (secondary N) is 1. The van der Waals surface area contributed by atoms with Crippen LogP contribution in [0.5, 0.6) is 0 Å². The summed E-state index contributed by atoms with van der Waals surface area (Å²) in [4.78, 5) is 13.9. The van der Waals surface area contributed by atoms with E-state index in [2.05, 4.69) is 4.98 Å². The molecule has 0 aliphatic carbocycles. The Bertz CT molecular complexity index is 538. The Hall–Kier alpha value is -0.750. The molecule has 0 saturated heterocycles. The zero-order valence-electron chi connectivity index (χ0n) is 8.21. The minimum atomic E-state index is -0.788. The first-order valence-corrected chi connectivity index (χ1v) is 6.32. The van der Waals surface area contributed by atoms with Crippen molar-refractivity contribution in [1.82, 2.24) is 4.98 Å². The average Bonchev–Trinajstić information content (AvgIpc) is 2.60. The molecule has 2 rings (SSSR count). The van der Waals surface area contributed by atoms with Crippen molar-refractivity contribution in [3.63, 3.8) is 0 Å². The molecule has 0 radical (unpaired) electrons. The van der Waals surface area contributed by atoms with E-state index in [-0.39, 0.29) is 0 Å². The van der Waals surface area contributed by atoms with Gasteiger partial charge in [-0.2, -0.15) is 0 Å². The van der Waals surface area contributed by atoms with Crippen LogP contribution in [0.1, 0.15) is 5.56 Å². The summed E-state index contributed by atoms with van der Waals surface area (Å²) < 4.78 is -0.410. The first-order valence-electron chi connectivity index (χ1n) is 4.70. The number of hydrogen-bond donors (Lipinski definition) is 2. The van der Waals surface area contributed by atoms with Gasteiger partial charge in [0.15, 0.2) is 0 Å². The Kier molecular flexibility index (Phi) is 3.39. The monoisotopic (exact) mass is 349 g/mol. The number of aromatic nitrogens is 1. The Morgan fingerprint density at radius 3 is 3.00 bits per heavy atom. The number of carboxylic acid groups (broad SMARTS) is 1. The lowest BCUT2D eigenvalue weighted by Gasteiger charge is -2.02. The number of H-pyrrole nitrogens is 1. The molecular weight excluding hydrogens is 340 g/mol. The zero-order valence-corrected chi connectivity index (χ0v) is 11.1. The summed E-state index contributed by atoms with van der Waals surface area (Å²) in [6, 6.07) is 5.56. The normalized spacial score (nSPS) is 12.9. The number of carbonyl (C=O) groups is 1. The van der Waals surface area contributed by atoms with Gasteiger partial charge in [-0.1, -0.05) is 40.3 Å². The second kappa shape index (κ2) is 4.63. The van der Waals surface area contributed by atoms with Crippen molar-refractivity contribution >= 4 is 51.1 Å². The summed E-state index contributed by atoms with van der Waals surface area (Å²) in [5.41, 5.74) is 1.95. The fourth-order valence-corrected chi connectivity index (χ4v) is 2.25. The highest BCUT2D eigenvalue weighted by Gasteiger charge is 2.15. The molecule has 1 atom stereocenters. The van der Waals surface area contributed by atoms with E-state index < -0.39 is 9.89 Å². The van der Waals surface area contributed by atoms with Crippen molar-refractivity contribution in [3.8, 4) is 0 Å². The summed E-state index contributed by atoms with van der Waals surface area (Å²) in [6.45, 7) is 0. The molecule has 2 N–H and O–H groups in total. The van der Waals surface area contributed by atoms with Gasteiger partial charge in [-0.05, 0) is 24.1 Å². The molecule has 1 aromatic carbocycles. The minimum absolute atomic E-state index is 0.410. The standard InChI is InChI=1S/C11H9ClINO2/c12-7-1-2-8-6(3-9(13)11(15)16)5-14-10(8)4-7/h1-2,4-5,9,14H,3H2,(H,15,16). The van der Waals surface area contributed by atoms with Gasteiger partial charge in [0, 0.05) is 22.1 Å². The third-order valence-corrected chi connectivity index (χ3v) is 3.60. The molecule has 3 nitrogen and oxygen atoms in total. The number of halogens is 2. The Balaban J connectivity index is 2.35. The molecule has 0 saturated carbocycles. The second-order valence-corrected chi connectivity index (χ2v) is 5.45. The first-order chi connectivity index (χ1) is 7.58. The first kappa shape index (κ1) is 11.7. The van der Waals surface area contributed by atoms with E-state index in [0.29, 0.717) is 11.4 Å². The molecule has 0 amide bonds. The van der Waals surface area contributed by atoms with E-state index in [1.54, 1.807) is 0 Å². The van der Waals surface area contributed by atoms with Gasteiger partial charge in [0.05, 0.1) is 0 Å². The molecule has 2 aromatic rings. The highest BCUT2D eigenvalue weighted by Crippen LogP contribution is 2.24. The van der Waals surface area contributed by atoms with Crippen molar-refractivity contribution in [1.29, 1.82) is 0 Å². The Morgan fingerprint density at radius 1 is 1.56 bits per heavy atom. The number of benzene rings is 1. The molecule has 0 spiro atoms. The van der Waals surface area contributed by atoms with Crippen LogP contribution in [0.3, 0.4) is 0 Å². The SMILES string of the molecule is O=C(O)C(I)Cc1c[nH]c2cc(Cl)ccc12. The van der Waals surface area contributed by atoms with Crippen LogP contribution in [-0.4, -0.2) is 20.0 Å². The van der Waals surface area contributed by atoms with Gasteiger partial charge in [0.1, 0.15) is 3.92 Å². The van der Waals surface area contributed by atoms with E-state index >= 15 is 0 Å². The van der Waals surface area contributed by atoms with Gasteiger partial charge in [0.2, 0.25) is 0 Å². The topological polar surface area (TPSA) is 53.1 Å². The minimum Gasteiger partial charge on any atom is -0.480 e. The van der Waals surface area contributed by atoms with Crippen molar-refractivity contribution in [2.75, 3.05) is 0 Å². The predicted molar refractivity (Wildman–Crippen MR) is 72.5 cm³/mol. The molecule has 1 aromatic heterocycles. The predicted octanol–water partition coefficient (Wildman–Crippen LogP) is 3.25. The average molecular weight is 350 g/mol. The summed E-state index contributed by atoms with van der Waals surface area (Å²) in [5.74, 6) is -0.788. The molecular formula is C11H9ClINO2. The molecule has 84 valence electrons. The number of aromatic amines is 1. The molecule has 1 unspecified atom stereocenters. The van der Waals surface area contributed by atoms with Crippen LogP contribution in [-0.2, 0) is 11.2 Å². The fourth-order valence-electron chi connectivity index (χ4n) is 1.61. The highest BCUT2D eigenvalue weighted by molar-refractivity contribution is 14.1. The second-order valence-electron chi connectivity index (χ2n) is 3.51. The molecule has 1 heterocycles. The summed E-state index contributed by atoms with van der Waals surface area (Å²) in [6.07, 6.45) is 2.35. The Morgan fingerprint density at radius 2 is 2.31 bits per heavy atom. The number of alkyl halides is 1.